The molecule has 0 aromatic heterocycles. The Morgan fingerprint density at radius 2 is 1.84 bits per heavy atom. The van der Waals surface area contributed by atoms with E-state index in [1.165, 1.54) is 12.1 Å². The van der Waals surface area contributed by atoms with Gasteiger partial charge in [-0.15, -0.1) is 0 Å². The highest BCUT2D eigenvalue weighted by atomic mass is 16.6. The number of methoxy groups -OCH3 is 1. The number of aliphatic hydroxyl groups excluding tert-OH is 1. The molecule has 0 saturated heterocycles. The maximum atomic E-state index is 11.0. The van der Waals surface area contributed by atoms with E-state index in [9.17, 15) is 15.2 Å². The van der Waals surface area contributed by atoms with Crippen LogP contribution >= 0.6 is 0 Å². The Bertz CT molecular complexity index is 802. The summed E-state index contributed by atoms with van der Waals surface area (Å²) in [5.41, 5.74) is 2.25. The van der Waals surface area contributed by atoms with Crippen molar-refractivity contribution in [3.8, 4) is 5.75 Å². The summed E-state index contributed by atoms with van der Waals surface area (Å²) in [6.45, 7) is 4.01. The third-order valence-electron chi connectivity index (χ3n) is 5.13. The van der Waals surface area contributed by atoms with Crippen molar-refractivity contribution < 1.29 is 14.8 Å². The van der Waals surface area contributed by atoms with Crippen LogP contribution in [-0.4, -0.2) is 24.2 Å². The van der Waals surface area contributed by atoms with Crippen molar-refractivity contribution in [1.82, 2.24) is 0 Å². The second-order valence-corrected chi connectivity index (χ2v) is 7.01. The lowest BCUT2D eigenvalue weighted by molar-refractivity contribution is -0.384. The second-order valence-electron chi connectivity index (χ2n) is 7.01. The summed E-state index contributed by atoms with van der Waals surface area (Å²) in [6, 6.07) is 12.1. The van der Waals surface area contributed by atoms with Crippen LogP contribution < -0.4 is 9.64 Å². The Morgan fingerprint density at radius 3 is 2.40 bits per heavy atom. The molecular weight excluding hydrogens is 320 g/mol. The van der Waals surface area contributed by atoms with Crippen molar-refractivity contribution in [3.05, 3.63) is 63.7 Å². The molecule has 0 spiro atoms. The smallest absolute Gasteiger partial charge is 0.269 e. The van der Waals surface area contributed by atoms with Gasteiger partial charge in [0.25, 0.3) is 5.69 Å². The Kier molecular flexibility index (Phi) is 4.16. The number of ether oxygens (including phenoxy) is 1. The van der Waals surface area contributed by atoms with E-state index >= 15 is 0 Å². The molecule has 1 heterocycles. The summed E-state index contributed by atoms with van der Waals surface area (Å²) < 4.78 is 5.29. The first-order valence-corrected chi connectivity index (χ1v) is 8.10. The fraction of sp³-hybridized carbons (Fsp3) is 0.368. The Hall–Kier alpha value is -2.60. The summed E-state index contributed by atoms with van der Waals surface area (Å²) in [4.78, 5) is 12.6. The zero-order chi connectivity index (χ0) is 18.4. The summed E-state index contributed by atoms with van der Waals surface area (Å²) in [7, 11) is 3.58. The SMILES string of the molecule is COc1ccc2c(c1)C(O)C(C)(C)C(c1ccc([N+](=O)[O-])cc1)N2C. The van der Waals surface area contributed by atoms with Crippen LogP contribution in [-0.2, 0) is 0 Å². The van der Waals surface area contributed by atoms with E-state index in [2.05, 4.69) is 4.90 Å². The zero-order valence-corrected chi connectivity index (χ0v) is 14.8. The van der Waals surface area contributed by atoms with Gasteiger partial charge in [-0.3, -0.25) is 10.1 Å². The molecule has 2 unspecified atom stereocenters. The maximum Gasteiger partial charge on any atom is 0.269 e. The van der Waals surface area contributed by atoms with Crippen molar-refractivity contribution >= 4 is 11.4 Å². The first-order chi connectivity index (χ1) is 11.8. The average molecular weight is 342 g/mol. The van der Waals surface area contributed by atoms with Gasteiger partial charge in [-0.2, -0.15) is 0 Å². The second kappa shape index (κ2) is 6.04. The predicted octanol–water partition coefficient (Wildman–Crippen LogP) is 3.85. The molecule has 6 heteroatoms. The Labute approximate surface area is 146 Å². The number of hydrogen-bond donors (Lipinski definition) is 1. The Balaban J connectivity index is 2.09. The van der Waals surface area contributed by atoms with E-state index in [1.807, 2.05) is 39.1 Å². The molecule has 0 radical (unpaired) electrons. The van der Waals surface area contributed by atoms with Crippen LogP contribution in [0.5, 0.6) is 5.75 Å². The van der Waals surface area contributed by atoms with Crippen LogP contribution in [0.3, 0.4) is 0 Å². The lowest BCUT2D eigenvalue weighted by atomic mass is 9.70. The summed E-state index contributed by atoms with van der Waals surface area (Å²) in [5.74, 6) is 0.704. The fourth-order valence-corrected chi connectivity index (χ4v) is 3.82. The standard InChI is InChI=1S/C19H22N2O4/c1-19(2)17(12-5-7-13(8-6-12)21(23)24)20(3)16-10-9-14(25-4)11-15(16)18(19)22/h5-11,17-18,22H,1-4H3. The van der Waals surface area contributed by atoms with Crippen molar-refractivity contribution in [2.24, 2.45) is 5.41 Å². The minimum absolute atomic E-state index is 0.0608. The molecule has 132 valence electrons. The highest BCUT2D eigenvalue weighted by molar-refractivity contribution is 5.62. The zero-order valence-electron chi connectivity index (χ0n) is 14.8. The molecule has 3 rings (SSSR count). The molecule has 0 aliphatic carbocycles. The van der Waals surface area contributed by atoms with Gasteiger partial charge in [-0.1, -0.05) is 26.0 Å². The van der Waals surface area contributed by atoms with Gasteiger partial charge in [0, 0.05) is 35.8 Å². The molecule has 1 aliphatic rings. The van der Waals surface area contributed by atoms with E-state index in [1.54, 1.807) is 19.2 Å². The van der Waals surface area contributed by atoms with E-state index in [0.29, 0.717) is 5.75 Å². The first-order valence-electron chi connectivity index (χ1n) is 8.10. The quantitative estimate of drug-likeness (QED) is 0.677. The van der Waals surface area contributed by atoms with E-state index in [-0.39, 0.29) is 11.7 Å². The number of nitrogens with zero attached hydrogens (tertiary/aromatic N) is 2. The number of non-ortho nitro benzene ring substituents is 1. The molecule has 0 saturated carbocycles. The van der Waals surface area contributed by atoms with Crippen LogP contribution in [0, 0.1) is 15.5 Å². The molecular formula is C19H22N2O4. The van der Waals surface area contributed by atoms with Gasteiger partial charge in [0.1, 0.15) is 5.75 Å². The molecule has 1 aliphatic heterocycles. The molecule has 0 fully saturated rings. The van der Waals surface area contributed by atoms with E-state index < -0.39 is 16.4 Å². The summed E-state index contributed by atoms with van der Waals surface area (Å²) in [5, 5.41) is 21.9. The molecule has 1 N–H and O–H groups in total. The van der Waals surface area contributed by atoms with Crippen LogP contribution in [0.4, 0.5) is 11.4 Å². The van der Waals surface area contributed by atoms with Gasteiger partial charge in [0.05, 0.1) is 24.2 Å². The Morgan fingerprint density at radius 1 is 1.20 bits per heavy atom. The number of fused-ring (bicyclic) bond motifs is 1. The summed E-state index contributed by atoms with van der Waals surface area (Å²) in [6.07, 6.45) is -0.686. The van der Waals surface area contributed by atoms with Crippen LogP contribution in [0.15, 0.2) is 42.5 Å². The molecule has 2 aromatic rings. The maximum absolute atomic E-state index is 11.0. The molecule has 6 nitrogen and oxygen atoms in total. The van der Waals surface area contributed by atoms with E-state index in [0.717, 1.165) is 16.8 Å². The highest BCUT2D eigenvalue weighted by Crippen LogP contribution is 2.54. The van der Waals surface area contributed by atoms with Crippen LogP contribution in [0.25, 0.3) is 0 Å². The van der Waals surface area contributed by atoms with Crippen molar-refractivity contribution in [1.29, 1.82) is 0 Å². The fourth-order valence-electron chi connectivity index (χ4n) is 3.82. The number of anilines is 1. The van der Waals surface area contributed by atoms with Gasteiger partial charge in [0.2, 0.25) is 0 Å². The highest BCUT2D eigenvalue weighted by Gasteiger charge is 2.46. The van der Waals surface area contributed by atoms with Gasteiger partial charge >= 0.3 is 0 Å². The van der Waals surface area contributed by atoms with Crippen LogP contribution in [0.2, 0.25) is 0 Å². The molecule has 0 amide bonds. The monoisotopic (exact) mass is 342 g/mol. The van der Waals surface area contributed by atoms with Crippen LogP contribution in [0.1, 0.15) is 37.1 Å². The number of nitro groups is 1. The topological polar surface area (TPSA) is 75.8 Å². The number of aliphatic hydroxyl groups is 1. The van der Waals surface area contributed by atoms with Crippen molar-refractivity contribution in [2.45, 2.75) is 26.0 Å². The average Bonchev–Trinajstić information content (AvgIpc) is 2.59. The van der Waals surface area contributed by atoms with Crippen molar-refractivity contribution in [2.75, 3.05) is 19.1 Å². The largest absolute Gasteiger partial charge is 0.497 e. The van der Waals surface area contributed by atoms with Gasteiger partial charge < -0.3 is 14.7 Å². The molecule has 2 aromatic carbocycles. The van der Waals surface area contributed by atoms with E-state index in [4.69, 9.17) is 4.74 Å². The summed E-state index contributed by atoms with van der Waals surface area (Å²) >= 11 is 0. The third-order valence-corrected chi connectivity index (χ3v) is 5.13. The van der Waals surface area contributed by atoms with Gasteiger partial charge in [0.15, 0.2) is 0 Å². The number of rotatable bonds is 3. The van der Waals surface area contributed by atoms with Gasteiger partial charge in [-0.25, -0.2) is 0 Å². The minimum Gasteiger partial charge on any atom is -0.497 e. The predicted molar refractivity (Wildman–Crippen MR) is 96.0 cm³/mol. The third kappa shape index (κ3) is 2.72. The lowest BCUT2D eigenvalue weighted by Gasteiger charge is -2.50. The normalized spacial score (nSPS) is 21.6. The molecule has 2 atom stereocenters. The lowest BCUT2D eigenvalue weighted by Crippen LogP contribution is -2.44. The number of benzene rings is 2. The van der Waals surface area contributed by atoms with Crippen molar-refractivity contribution in [3.63, 3.8) is 0 Å². The van der Waals surface area contributed by atoms with Gasteiger partial charge in [-0.05, 0) is 23.8 Å². The minimum atomic E-state index is -0.686. The number of nitro benzene ring substituents is 1. The molecule has 25 heavy (non-hydrogen) atoms. The first kappa shape index (κ1) is 17.2. The molecule has 0 bridgehead atoms. The number of hydrogen-bond acceptors (Lipinski definition) is 5.